The maximum atomic E-state index is 9.30. The van der Waals surface area contributed by atoms with Crippen molar-refractivity contribution in [2.75, 3.05) is 0 Å². The molecule has 5 heteroatoms. The largest absolute Gasteiger partial charge is 0.520 e. The Morgan fingerprint density at radius 1 is 1.18 bits per heavy atom. The Kier molecular flexibility index (Phi) is 2.58. The number of hydrogen-bond donors (Lipinski definition) is 2. The number of hydrogen-bond acceptors (Lipinski definition) is 3. The highest BCUT2D eigenvalue weighted by molar-refractivity contribution is 6.75. The third-order valence-corrected chi connectivity index (χ3v) is 4.80. The van der Waals surface area contributed by atoms with Crippen molar-refractivity contribution in [3.8, 4) is 0 Å². The first kappa shape index (κ1) is 8.63. The van der Waals surface area contributed by atoms with E-state index >= 15 is 0 Å². The average Bonchev–Trinajstić information content (AvgIpc) is 2.06. The van der Waals surface area contributed by atoms with Gasteiger partial charge in [0.05, 0.1) is 0 Å². The lowest BCUT2D eigenvalue weighted by Gasteiger charge is -2.14. The molecule has 0 bridgehead atoms. The van der Waals surface area contributed by atoms with Crippen LogP contribution in [0.3, 0.4) is 0 Å². The highest BCUT2D eigenvalue weighted by Crippen LogP contribution is 1.94. The second-order valence-electron chi connectivity index (χ2n) is 2.18. The van der Waals surface area contributed by atoms with Crippen LogP contribution in [-0.2, 0) is 4.12 Å². The first-order valence-electron chi connectivity index (χ1n) is 3.22. The molecule has 11 heavy (non-hydrogen) atoms. The van der Waals surface area contributed by atoms with Gasteiger partial charge in [0.1, 0.15) is 10.5 Å². The van der Waals surface area contributed by atoms with Gasteiger partial charge in [0.25, 0.3) is 0 Å². The molecule has 0 heterocycles. The summed E-state index contributed by atoms with van der Waals surface area (Å²) in [4.78, 5) is 18.6. The lowest BCUT2D eigenvalue weighted by molar-refractivity contribution is 0.271. The van der Waals surface area contributed by atoms with Gasteiger partial charge in [-0.1, -0.05) is 30.3 Å². The van der Waals surface area contributed by atoms with Crippen molar-refractivity contribution in [1.29, 1.82) is 0 Å². The van der Waals surface area contributed by atoms with E-state index in [9.17, 15) is 9.59 Å². The molecule has 0 unspecified atom stereocenters. The Morgan fingerprint density at radius 3 is 2.18 bits per heavy atom. The van der Waals surface area contributed by atoms with E-state index in [0.717, 1.165) is 0 Å². The summed E-state index contributed by atoms with van der Waals surface area (Å²) in [6.07, 6.45) is 0. The van der Waals surface area contributed by atoms with Crippen LogP contribution in [0.1, 0.15) is 0 Å². The van der Waals surface area contributed by atoms with Crippen LogP contribution in [0, 0.1) is 0 Å². The molecule has 60 valence electrons. The van der Waals surface area contributed by atoms with Gasteiger partial charge in [-0.3, -0.25) is 0 Å². The van der Waals surface area contributed by atoms with Crippen molar-refractivity contribution in [2.45, 2.75) is 0 Å². The third kappa shape index (κ3) is 1.98. The van der Waals surface area contributed by atoms with E-state index < -0.39 is 8.80 Å². The molecular formula is C6H10O3Si2. The summed E-state index contributed by atoms with van der Waals surface area (Å²) >= 11 is 0. The summed E-state index contributed by atoms with van der Waals surface area (Å²) in [5, 5.41) is 0.495. The van der Waals surface area contributed by atoms with E-state index in [0.29, 0.717) is 15.7 Å². The average molecular weight is 186 g/mol. The van der Waals surface area contributed by atoms with E-state index in [-0.39, 0.29) is 0 Å². The standard InChI is InChI=1S/C6H10O3Si2/c7-11(8,9-10)6-4-2-1-3-5-6/h1-5,7-8H,10H3. The van der Waals surface area contributed by atoms with Crippen LogP contribution in [0.2, 0.25) is 0 Å². The SMILES string of the molecule is O[Si](O)(O[SiH3])c1ccccc1. The van der Waals surface area contributed by atoms with E-state index in [2.05, 4.69) is 0 Å². The number of rotatable bonds is 2. The zero-order chi connectivity index (χ0) is 8.32. The van der Waals surface area contributed by atoms with Gasteiger partial charge in [0, 0.05) is 5.19 Å². The van der Waals surface area contributed by atoms with E-state index in [1.165, 1.54) is 0 Å². The maximum Gasteiger partial charge on any atom is 0.520 e. The van der Waals surface area contributed by atoms with Crippen LogP contribution in [-0.4, -0.2) is 28.9 Å². The monoisotopic (exact) mass is 186 g/mol. The summed E-state index contributed by atoms with van der Waals surface area (Å²) in [6.45, 7) is 0. The quantitative estimate of drug-likeness (QED) is 0.531. The van der Waals surface area contributed by atoms with Crippen LogP contribution in [0.5, 0.6) is 0 Å². The summed E-state index contributed by atoms with van der Waals surface area (Å²) in [6, 6.07) is 8.64. The highest BCUT2D eigenvalue weighted by Gasteiger charge is 2.32. The van der Waals surface area contributed by atoms with E-state index in [1.807, 2.05) is 6.07 Å². The van der Waals surface area contributed by atoms with Crippen molar-refractivity contribution in [2.24, 2.45) is 0 Å². The molecule has 0 amide bonds. The van der Waals surface area contributed by atoms with Crippen LogP contribution >= 0.6 is 0 Å². The Bertz CT molecular complexity index is 225. The Balaban J connectivity index is 2.93. The van der Waals surface area contributed by atoms with E-state index in [1.54, 1.807) is 24.3 Å². The minimum Gasteiger partial charge on any atom is -0.421 e. The van der Waals surface area contributed by atoms with E-state index in [4.69, 9.17) is 4.12 Å². The lowest BCUT2D eigenvalue weighted by Crippen LogP contribution is -2.51. The molecule has 0 fully saturated rings. The molecule has 0 radical (unpaired) electrons. The first-order chi connectivity index (χ1) is 5.17. The second-order valence-corrected chi connectivity index (χ2v) is 5.61. The maximum absolute atomic E-state index is 9.30. The van der Waals surface area contributed by atoms with Gasteiger partial charge in [-0.25, -0.2) is 0 Å². The topological polar surface area (TPSA) is 49.7 Å². The molecule has 0 aliphatic carbocycles. The fourth-order valence-electron chi connectivity index (χ4n) is 0.773. The molecule has 0 aromatic heterocycles. The van der Waals surface area contributed by atoms with Crippen molar-refractivity contribution in [1.82, 2.24) is 0 Å². The third-order valence-electron chi connectivity index (χ3n) is 1.43. The molecule has 0 saturated heterocycles. The molecule has 0 saturated carbocycles. The van der Waals surface area contributed by atoms with Gasteiger partial charge in [0.15, 0.2) is 0 Å². The predicted molar refractivity (Wildman–Crippen MR) is 47.3 cm³/mol. The normalized spacial score (nSPS) is 11.8. The van der Waals surface area contributed by atoms with Gasteiger partial charge in [0.2, 0.25) is 0 Å². The highest BCUT2D eigenvalue weighted by atomic mass is 28.4. The first-order valence-corrected chi connectivity index (χ1v) is 5.84. The van der Waals surface area contributed by atoms with Gasteiger partial charge in [-0.15, -0.1) is 0 Å². The summed E-state index contributed by atoms with van der Waals surface area (Å²) < 4.78 is 4.71. The molecule has 0 aliphatic heterocycles. The second kappa shape index (κ2) is 3.29. The molecule has 3 nitrogen and oxygen atoms in total. The molecule has 1 rings (SSSR count). The zero-order valence-corrected chi connectivity index (χ0v) is 9.19. The van der Waals surface area contributed by atoms with Gasteiger partial charge >= 0.3 is 8.80 Å². The molecular weight excluding hydrogens is 176 g/mol. The van der Waals surface area contributed by atoms with Gasteiger partial charge in [-0.05, 0) is 0 Å². The fourth-order valence-corrected chi connectivity index (χ4v) is 2.34. The molecule has 0 aliphatic rings. The summed E-state index contributed by atoms with van der Waals surface area (Å²) in [7, 11) is -3.15. The van der Waals surface area contributed by atoms with Crippen LogP contribution in [0.15, 0.2) is 30.3 Å². The zero-order valence-electron chi connectivity index (χ0n) is 6.19. The minimum atomic E-state index is -3.49. The molecule has 1 aromatic rings. The molecule has 1 aromatic carbocycles. The van der Waals surface area contributed by atoms with Gasteiger partial charge in [-0.2, -0.15) is 0 Å². The number of benzene rings is 1. The Labute approximate surface area is 69.2 Å². The molecule has 0 atom stereocenters. The lowest BCUT2D eigenvalue weighted by atomic mass is 10.4. The van der Waals surface area contributed by atoms with Crippen molar-refractivity contribution >= 4 is 24.5 Å². The molecule has 0 spiro atoms. The van der Waals surface area contributed by atoms with Crippen LogP contribution < -0.4 is 5.19 Å². The van der Waals surface area contributed by atoms with Crippen LogP contribution in [0.25, 0.3) is 0 Å². The Hall–Kier alpha value is -0.466. The smallest absolute Gasteiger partial charge is 0.421 e. The Morgan fingerprint density at radius 2 is 1.73 bits per heavy atom. The summed E-state index contributed by atoms with van der Waals surface area (Å²) in [5.41, 5.74) is 0. The van der Waals surface area contributed by atoms with Crippen molar-refractivity contribution < 1.29 is 13.7 Å². The predicted octanol–water partition coefficient (Wildman–Crippen LogP) is -1.89. The van der Waals surface area contributed by atoms with Gasteiger partial charge < -0.3 is 13.7 Å². The van der Waals surface area contributed by atoms with Crippen LogP contribution in [0.4, 0.5) is 0 Å². The summed E-state index contributed by atoms with van der Waals surface area (Å²) in [5.74, 6) is 0. The van der Waals surface area contributed by atoms with Crippen molar-refractivity contribution in [3.05, 3.63) is 30.3 Å². The fraction of sp³-hybridized carbons (Fsp3) is 0. The minimum absolute atomic E-state index is 0.344. The molecule has 2 N–H and O–H groups in total. The van der Waals surface area contributed by atoms with Crippen molar-refractivity contribution in [3.63, 3.8) is 0 Å².